The first-order chi connectivity index (χ1) is 8.66. The number of H-pyrrole nitrogens is 1. The third-order valence-corrected chi connectivity index (χ3v) is 2.89. The maximum absolute atomic E-state index is 11.0. The van der Waals surface area contributed by atoms with Crippen molar-refractivity contribution < 1.29 is 4.92 Å². The molecule has 8 heteroatoms. The molecule has 92 valence electrons. The zero-order valence-corrected chi connectivity index (χ0v) is 9.81. The number of aromatic amines is 1. The Morgan fingerprint density at radius 2 is 2.11 bits per heavy atom. The van der Waals surface area contributed by atoms with E-state index in [0.717, 1.165) is 11.9 Å². The lowest BCUT2D eigenvalue weighted by Crippen LogP contribution is -2.10. The highest BCUT2D eigenvalue weighted by atomic mass is 32.2. The maximum atomic E-state index is 11.0. The minimum atomic E-state index is -0.483. The molecule has 0 atom stereocenters. The Bertz CT molecular complexity index is 628. The Labute approximate surface area is 106 Å². The Kier molecular flexibility index (Phi) is 3.58. The normalized spacial score (nSPS) is 10.0. The van der Waals surface area contributed by atoms with E-state index >= 15 is 0 Å². The van der Waals surface area contributed by atoms with Crippen LogP contribution < -0.4 is 10.4 Å². The summed E-state index contributed by atoms with van der Waals surface area (Å²) < 4.78 is 2.81. The predicted octanol–water partition coefficient (Wildman–Crippen LogP) is 1.80. The fraction of sp³-hybridized carbons (Fsp3) is 0. The third-order valence-electron chi connectivity index (χ3n) is 2.01. The van der Waals surface area contributed by atoms with Crippen LogP contribution in [0.4, 0.5) is 11.5 Å². The Morgan fingerprint density at radius 3 is 2.83 bits per heavy atom. The van der Waals surface area contributed by atoms with Crippen molar-refractivity contribution in [3.63, 3.8) is 0 Å². The van der Waals surface area contributed by atoms with Crippen LogP contribution in [0.3, 0.4) is 0 Å². The number of hydrogen-bond donors (Lipinski definition) is 2. The van der Waals surface area contributed by atoms with Gasteiger partial charge in [-0.2, -0.15) is 0 Å². The molecule has 1 aromatic heterocycles. The smallest absolute Gasteiger partial charge is 0.311 e. The molecule has 0 saturated heterocycles. The lowest BCUT2D eigenvalue weighted by molar-refractivity contribution is -0.387. The minimum Gasteiger partial charge on any atom is -0.311 e. The lowest BCUT2D eigenvalue weighted by atomic mass is 10.3. The predicted molar refractivity (Wildman–Crippen MR) is 67.4 cm³/mol. The molecule has 0 spiro atoms. The fourth-order valence-electron chi connectivity index (χ4n) is 1.23. The number of nitrogens with one attached hydrogen (secondary N) is 2. The van der Waals surface area contributed by atoms with Gasteiger partial charge in [-0.3, -0.25) is 15.1 Å². The van der Waals surface area contributed by atoms with Gasteiger partial charge >= 0.3 is 5.69 Å². The van der Waals surface area contributed by atoms with Gasteiger partial charge in [0.2, 0.25) is 0 Å². The molecular formula is C10H8N4O3S. The topological polar surface area (TPSA) is 101 Å². The van der Waals surface area contributed by atoms with E-state index in [1.54, 1.807) is 24.3 Å². The summed E-state index contributed by atoms with van der Waals surface area (Å²) >= 11 is 1.05. The van der Waals surface area contributed by atoms with Crippen LogP contribution in [0.5, 0.6) is 0 Å². The largest absolute Gasteiger partial charge is 0.346 e. The average Bonchev–Trinajstić information content (AvgIpc) is 2.37. The molecule has 2 rings (SSSR count). The molecule has 2 aromatic rings. The number of anilines is 1. The summed E-state index contributed by atoms with van der Waals surface area (Å²) in [6.07, 6.45) is 1.35. The van der Waals surface area contributed by atoms with E-state index in [4.69, 9.17) is 0 Å². The van der Waals surface area contributed by atoms with E-state index in [9.17, 15) is 14.9 Å². The van der Waals surface area contributed by atoms with E-state index < -0.39 is 10.6 Å². The third kappa shape index (κ3) is 2.86. The average molecular weight is 264 g/mol. The molecular weight excluding hydrogens is 256 g/mol. The first kappa shape index (κ1) is 12.1. The molecule has 1 heterocycles. The number of rotatable bonds is 4. The second-order valence-electron chi connectivity index (χ2n) is 3.22. The van der Waals surface area contributed by atoms with Gasteiger partial charge in [0.1, 0.15) is 10.7 Å². The van der Waals surface area contributed by atoms with Crippen LogP contribution in [0.1, 0.15) is 0 Å². The molecule has 0 saturated carbocycles. The molecule has 0 aliphatic rings. The van der Waals surface area contributed by atoms with E-state index in [2.05, 4.69) is 14.7 Å². The van der Waals surface area contributed by atoms with Crippen LogP contribution in [-0.2, 0) is 0 Å². The van der Waals surface area contributed by atoms with Crippen molar-refractivity contribution in [2.75, 3.05) is 4.72 Å². The molecule has 0 fully saturated rings. The summed E-state index contributed by atoms with van der Waals surface area (Å²) in [6.45, 7) is 0. The summed E-state index contributed by atoms with van der Waals surface area (Å²) in [4.78, 5) is 27.7. The van der Waals surface area contributed by atoms with Crippen LogP contribution >= 0.6 is 11.9 Å². The highest BCUT2D eigenvalue weighted by Gasteiger charge is 2.12. The molecule has 0 radical (unpaired) electrons. The van der Waals surface area contributed by atoms with Crippen molar-refractivity contribution in [3.8, 4) is 0 Å². The quantitative estimate of drug-likeness (QED) is 0.496. The molecule has 0 unspecified atom stereocenters. The SMILES string of the molecule is O=c1nccc(NSc2ccccc2[N+](=O)[O-])[nH]1. The monoisotopic (exact) mass is 264 g/mol. The van der Waals surface area contributed by atoms with Crippen molar-refractivity contribution in [2.45, 2.75) is 4.90 Å². The van der Waals surface area contributed by atoms with E-state index in [-0.39, 0.29) is 5.69 Å². The summed E-state index contributed by atoms with van der Waals surface area (Å²) in [7, 11) is 0. The molecule has 0 amide bonds. The van der Waals surface area contributed by atoms with Gasteiger partial charge in [0.05, 0.1) is 4.92 Å². The Hall–Kier alpha value is -2.35. The van der Waals surface area contributed by atoms with Gasteiger partial charge in [-0.25, -0.2) is 9.78 Å². The molecule has 18 heavy (non-hydrogen) atoms. The maximum Gasteiger partial charge on any atom is 0.346 e. The number of nitro benzene ring substituents is 1. The van der Waals surface area contributed by atoms with Gasteiger partial charge in [0.25, 0.3) is 5.69 Å². The minimum absolute atomic E-state index is 0.00593. The van der Waals surface area contributed by atoms with Crippen molar-refractivity contribution in [1.29, 1.82) is 0 Å². The van der Waals surface area contributed by atoms with Crippen LogP contribution in [0.15, 0.2) is 46.2 Å². The Balaban J connectivity index is 2.16. The number of nitro groups is 1. The molecule has 2 N–H and O–H groups in total. The van der Waals surface area contributed by atoms with Crippen molar-refractivity contribution in [2.24, 2.45) is 0 Å². The second-order valence-corrected chi connectivity index (χ2v) is 4.07. The highest BCUT2D eigenvalue weighted by Crippen LogP contribution is 2.28. The lowest BCUT2D eigenvalue weighted by Gasteiger charge is -2.04. The van der Waals surface area contributed by atoms with Gasteiger partial charge < -0.3 is 4.72 Å². The second kappa shape index (κ2) is 5.32. The van der Waals surface area contributed by atoms with Gasteiger partial charge in [0.15, 0.2) is 0 Å². The van der Waals surface area contributed by atoms with Crippen LogP contribution in [0, 0.1) is 10.1 Å². The van der Waals surface area contributed by atoms with Gasteiger partial charge in [-0.05, 0) is 24.1 Å². The van der Waals surface area contributed by atoms with Crippen LogP contribution in [0.2, 0.25) is 0 Å². The first-order valence-electron chi connectivity index (χ1n) is 4.88. The standard InChI is InChI=1S/C10H8N4O3S/c15-10-11-6-5-9(12-10)13-18-8-4-2-1-3-7(8)14(16)17/h1-6H,(H2,11,12,13,15). The summed E-state index contributed by atoms with van der Waals surface area (Å²) in [5.74, 6) is 0.429. The number of nitrogens with zero attached hydrogens (tertiary/aromatic N) is 2. The summed E-state index contributed by atoms with van der Waals surface area (Å²) in [5, 5.41) is 10.8. The van der Waals surface area contributed by atoms with E-state index in [0.29, 0.717) is 10.7 Å². The van der Waals surface area contributed by atoms with Gasteiger partial charge in [-0.15, -0.1) is 0 Å². The van der Waals surface area contributed by atoms with Gasteiger partial charge in [-0.1, -0.05) is 12.1 Å². The summed E-state index contributed by atoms with van der Waals surface area (Å²) in [6, 6.07) is 7.89. The first-order valence-corrected chi connectivity index (χ1v) is 5.70. The molecule has 0 bridgehead atoms. The van der Waals surface area contributed by atoms with Crippen molar-refractivity contribution in [3.05, 3.63) is 57.1 Å². The van der Waals surface area contributed by atoms with Crippen molar-refractivity contribution >= 4 is 23.5 Å². The van der Waals surface area contributed by atoms with Gasteiger partial charge in [0, 0.05) is 12.3 Å². The number of aromatic nitrogens is 2. The highest BCUT2D eigenvalue weighted by molar-refractivity contribution is 8.00. The molecule has 1 aromatic carbocycles. The zero-order valence-electron chi connectivity index (χ0n) is 8.99. The van der Waals surface area contributed by atoms with Crippen molar-refractivity contribution in [1.82, 2.24) is 9.97 Å². The summed E-state index contributed by atoms with van der Waals surface area (Å²) in [5.41, 5.74) is -0.477. The number of benzene rings is 1. The number of para-hydroxylation sites is 1. The van der Waals surface area contributed by atoms with Crippen LogP contribution in [-0.4, -0.2) is 14.9 Å². The molecule has 0 aliphatic carbocycles. The molecule has 0 aliphatic heterocycles. The number of hydrogen-bond acceptors (Lipinski definition) is 6. The fourth-order valence-corrected chi connectivity index (χ4v) is 1.97. The van der Waals surface area contributed by atoms with E-state index in [1.807, 2.05) is 0 Å². The zero-order chi connectivity index (χ0) is 13.0. The molecule has 7 nitrogen and oxygen atoms in total. The van der Waals surface area contributed by atoms with Crippen LogP contribution in [0.25, 0.3) is 0 Å². The van der Waals surface area contributed by atoms with E-state index in [1.165, 1.54) is 12.3 Å². The Morgan fingerprint density at radius 1 is 1.33 bits per heavy atom.